The molecule has 1 saturated heterocycles. The van der Waals surface area contributed by atoms with Crippen LogP contribution in [0.1, 0.15) is 23.3 Å². The van der Waals surface area contributed by atoms with Crippen LogP contribution in [0.25, 0.3) is 0 Å². The van der Waals surface area contributed by atoms with Crippen molar-refractivity contribution in [1.29, 1.82) is 0 Å². The molecule has 19 heavy (non-hydrogen) atoms. The Morgan fingerprint density at radius 1 is 1.47 bits per heavy atom. The average molecular weight is 287 g/mol. The molecule has 106 valence electrons. The maximum atomic E-state index is 11.9. The zero-order valence-electron chi connectivity index (χ0n) is 10.4. The number of sulfone groups is 1. The summed E-state index contributed by atoms with van der Waals surface area (Å²) in [5.41, 5.74) is 5.60. The van der Waals surface area contributed by atoms with Crippen molar-refractivity contribution in [3.05, 3.63) is 11.9 Å². The van der Waals surface area contributed by atoms with Crippen molar-refractivity contribution < 1.29 is 13.2 Å². The predicted molar refractivity (Wildman–Crippen MR) is 68.2 cm³/mol. The number of nitrogens with two attached hydrogens (primary N) is 1. The molecule has 2 heterocycles. The van der Waals surface area contributed by atoms with Crippen LogP contribution in [0.5, 0.6) is 0 Å². The number of nitrogens with zero attached hydrogens (tertiary/aromatic N) is 3. The standard InChI is InChI=1S/C10H17N5O3S/c11-3-4-15-7-9(13-14-15)10(16)12-8-1-5-19(17,18)6-2-8/h7-8H,1-6,11H2,(H,12,16). The third kappa shape index (κ3) is 3.74. The van der Waals surface area contributed by atoms with Gasteiger partial charge < -0.3 is 11.1 Å². The molecule has 1 aliphatic heterocycles. The van der Waals surface area contributed by atoms with Gasteiger partial charge in [0.2, 0.25) is 0 Å². The average Bonchev–Trinajstić information content (AvgIpc) is 2.81. The fourth-order valence-corrected chi connectivity index (χ4v) is 3.43. The Morgan fingerprint density at radius 2 is 2.16 bits per heavy atom. The van der Waals surface area contributed by atoms with Gasteiger partial charge in [-0.25, -0.2) is 8.42 Å². The Hall–Kier alpha value is -1.48. The van der Waals surface area contributed by atoms with E-state index in [-0.39, 0.29) is 29.1 Å². The van der Waals surface area contributed by atoms with Crippen molar-refractivity contribution in [2.24, 2.45) is 5.73 Å². The van der Waals surface area contributed by atoms with E-state index in [1.165, 1.54) is 10.9 Å². The van der Waals surface area contributed by atoms with Crippen molar-refractivity contribution in [1.82, 2.24) is 20.3 Å². The van der Waals surface area contributed by atoms with E-state index in [1.807, 2.05) is 0 Å². The van der Waals surface area contributed by atoms with E-state index < -0.39 is 9.84 Å². The quantitative estimate of drug-likeness (QED) is 0.698. The summed E-state index contributed by atoms with van der Waals surface area (Å²) in [6, 6.07) is -0.115. The first-order valence-corrected chi connectivity index (χ1v) is 7.94. The predicted octanol–water partition coefficient (Wildman–Crippen LogP) is -1.46. The van der Waals surface area contributed by atoms with Crippen molar-refractivity contribution in [2.45, 2.75) is 25.4 Å². The molecular formula is C10H17N5O3S. The number of hydrogen-bond donors (Lipinski definition) is 2. The van der Waals surface area contributed by atoms with E-state index in [9.17, 15) is 13.2 Å². The summed E-state index contributed by atoms with van der Waals surface area (Å²) in [5.74, 6) is -0.0807. The lowest BCUT2D eigenvalue weighted by molar-refractivity contribution is 0.0929. The highest BCUT2D eigenvalue weighted by atomic mass is 32.2. The first-order valence-electron chi connectivity index (χ1n) is 6.11. The summed E-state index contributed by atoms with van der Waals surface area (Å²) >= 11 is 0. The normalized spacial score (nSPS) is 19.2. The van der Waals surface area contributed by atoms with Crippen LogP contribution in [-0.4, -0.2) is 53.4 Å². The van der Waals surface area contributed by atoms with Crippen LogP contribution in [0.2, 0.25) is 0 Å². The Labute approximate surface area is 111 Å². The van der Waals surface area contributed by atoms with Gasteiger partial charge in [-0.2, -0.15) is 0 Å². The zero-order chi connectivity index (χ0) is 13.9. The van der Waals surface area contributed by atoms with Gasteiger partial charge in [0.1, 0.15) is 9.84 Å². The van der Waals surface area contributed by atoms with Crippen LogP contribution in [0, 0.1) is 0 Å². The number of nitrogens with one attached hydrogen (secondary N) is 1. The number of carbonyl (C=O) groups is 1. The van der Waals surface area contributed by atoms with Crippen LogP contribution < -0.4 is 11.1 Å². The van der Waals surface area contributed by atoms with Crippen LogP contribution in [-0.2, 0) is 16.4 Å². The van der Waals surface area contributed by atoms with Gasteiger partial charge in [-0.3, -0.25) is 9.48 Å². The molecule has 1 fully saturated rings. The van der Waals surface area contributed by atoms with Crippen molar-refractivity contribution in [2.75, 3.05) is 18.1 Å². The maximum Gasteiger partial charge on any atom is 0.273 e. The molecule has 9 heteroatoms. The third-order valence-corrected chi connectivity index (χ3v) is 4.73. The highest BCUT2D eigenvalue weighted by Gasteiger charge is 2.25. The Kier molecular flexibility index (Phi) is 4.15. The van der Waals surface area contributed by atoms with E-state index in [2.05, 4.69) is 15.6 Å². The van der Waals surface area contributed by atoms with E-state index in [0.717, 1.165) is 0 Å². The van der Waals surface area contributed by atoms with E-state index in [0.29, 0.717) is 25.9 Å². The lowest BCUT2D eigenvalue weighted by Gasteiger charge is -2.22. The molecule has 0 saturated carbocycles. The van der Waals surface area contributed by atoms with Gasteiger partial charge in [0.05, 0.1) is 24.2 Å². The molecule has 0 bridgehead atoms. The molecule has 0 aromatic carbocycles. The minimum Gasteiger partial charge on any atom is -0.348 e. The van der Waals surface area contributed by atoms with E-state index >= 15 is 0 Å². The van der Waals surface area contributed by atoms with Gasteiger partial charge in [-0.15, -0.1) is 5.10 Å². The fourth-order valence-electron chi connectivity index (χ4n) is 1.94. The lowest BCUT2D eigenvalue weighted by atomic mass is 10.1. The van der Waals surface area contributed by atoms with Crippen LogP contribution in [0.3, 0.4) is 0 Å². The molecule has 1 aromatic heterocycles. The second kappa shape index (κ2) is 5.66. The molecule has 0 spiro atoms. The summed E-state index contributed by atoms with van der Waals surface area (Å²) in [6.07, 6.45) is 2.43. The van der Waals surface area contributed by atoms with Crippen LogP contribution >= 0.6 is 0 Å². The Morgan fingerprint density at radius 3 is 2.79 bits per heavy atom. The Balaban J connectivity index is 1.90. The molecule has 0 aliphatic carbocycles. The van der Waals surface area contributed by atoms with E-state index in [1.54, 1.807) is 0 Å². The molecular weight excluding hydrogens is 270 g/mol. The van der Waals surface area contributed by atoms with Gasteiger partial charge in [-0.05, 0) is 12.8 Å². The van der Waals surface area contributed by atoms with Crippen LogP contribution in [0.4, 0.5) is 0 Å². The number of aromatic nitrogens is 3. The molecule has 0 atom stereocenters. The third-order valence-electron chi connectivity index (χ3n) is 3.02. The van der Waals surface area contributed by atoms with Gasteiger partial charge in [0, 0.05) is 12.6 Å². The summed E-state index contributed by atoms with van der Waals surface area (Å²) in [6.45, 7) is 0.923. The molecule has 3 N–H and O–H groups in total. The number of hydrogen-bond acceptors (Lipinski definition) is 6. The summed E-state index contributed by atoms with van der Waals surface area (Å²) in [5, 5.41) is 10.3. The van der Waals surface area contributed by atoms with Crippen molar-refractivity contribution in [3.63, 3.8) is 0 Å². The van der Waals surface area contributed by atoms with Crippen molar-refractivity contribution >= 4 is 15.7 Å². The topological polar surface area (TPSA) is 120 Å². The van der Waals surface area contributed by atoms with Gasteiger partial charge in [0.25, 0.3) is 5.91 Å². The van der Waals surface area contributed by atoms with Crippen LogP contribution in [0.15, 0.2) is 6.20 Å². The molecule has 1 aromatic rings. The van der Waals surface area contributed by atoms with Crippen molar-refractivity contribution in [3.8, 4) is 0 Å². The molecule has 8 nitrogen and oxygen atoms in total. The fraction of sp³-hybridized carbons (Fsp3) is 0.700. The number of amides is 1. The number of carbonyl (C=O) groups excluding carboxylic acids is 1. The summed E-state index contributed by atoms with van der Waals surface area (Å²) < 4.78 is 24.1. The SMILES string of the molecule is NCCn1cc(C(=O)NC2CCS(=O)(=O)CC2)nn1. The van der Waals surface area contributed by atoms with Gasteiger partial charge in [-0.1, -0.05) is 5.21 Å². The Bertz CT molecular complexity index is 539. The largest absolute Gasteiger partial charge is 0.348 e. The minimum absolute atomic E-state index is 0.115. The molecule has 1 amide bonds. The lowest BCUT2D eigenvalue weighted by Crippen LogP contribution is -2.41. The smallest absolute Gasteiger partial charge is 0.273 e. The zero-order valence-corrected chi connectivity index (χ0v) is 11.3. The molecule has 0 unspecified atom stereocenters. The first-order chi connectivity index (χ1) is 9.00. The molecule has 1 aliphatic rings. The summed E-state index contributed by atoms with van der Waals surface area (Å²) in [7, 11) is -2.92. The highest BCUT2D eigenvalue weighted by Crippen LogP contribution is 2.12. The van der Waals surface area contributed by atoms with E-state index in [4.69, 9.17) is 5.73 Å². The molecule has 2 rings (SSSR count). The first kappa shape index (κ1) is 13.9. The summed E-state index contributed by atoms with van der Waals surface area (Å²) in [4.78, 5) is 11.9. The second-order valence-corrected chi connectivity index (χ2v) is 6.86. The minimum atomic E-state index is -2.92. The van der Waals surface area contributed by atoms with Gasteiger partial charge >= 0.3 is 0 Å². The maximum absolute atomic E-state index is 11.9. The number of rotatable bonds is 4. The van der Waals surface area contributed by atoms with Gasteiger partial charge in [0.15, 0.2) is 5.69 Å². The molecule has 0 radical (unpaired) electrons. The second-order valence-electron chi connectivity index (χ2n) is 4.56. The monoisotopic (exact) mass is 287 g/mol. The highest BCUT2D eigenvalue weighted by molar-refractivity contribution is 7.91.